The molecular formula is C23H30N6O3. The van der Waals surface area contributed by atoms with E-state index in [0.29, 0.717) is 35.2 Å². The SMILES string of the molecule is COc1cc(Nc2nc(NCC3CC(O)C3)nc3c2ncn3C2CCCC2)cc(OC)c1. The van der Waals surface area contributed by atoms with Crippen molar-refractivity contribution in [3.63, 3.8) is 0 Å². The molecule has 9 heteroatoms. The molecule has 0 aliphatic heterocycles. The number of methoxy groups -OCH3 is 2. The number of aromatic nitrogens is 4. The minimum atomic E-state index is -0.172. The number of imidazole rings is 1. The number of anilines is 3. The first kappa shape index (κ1) is 20.8. The number of hydrogen-bond donors (Lipinski definition) is 3. The van der Waals surface area contributed by atoms with Gasteiger partial charge in [0.1, 0.15) is 11.5 Å². The molecule has 0 spiro atoms. The highest BCUT2D eigenvalue weighted by molar-refractivity contribution is 5.87. The van der Waals surface area contributed by atoms with E-state index in [0.717, 1.165) is 49.1 Å². The normalized spacial score (nSPS) is 20.8. The van der Waals surface area contributed by atoms with Gasteiger partial charge in [0.25, 0.3) is 0 Å². The van der Waals surface area contributed by atoms with Gasteiger partial charge >= 0.3 is 0 Å². The Morgan fingerprint density at radius 1 is 1.06 bits per heavy atom. The van der Waals surface area contributed by atoms with Gasteiger partial charge in [-0.1, -0.05) is 12.8 Å². The summed E-state index contributed by atoms with van der Waals surface area (Å²) in [6.07, 6.45) is 8.13. The van der Waals surface area contributed by atoms with Crippen LogP contribution in [0.15, 0.2) is 24.5 Å². The van der Waals surface area contributed by atoms with Crippen LogP contribution >= 0.6 is 0 Å². The second-order valence-corrected chi connectivity index (χ2v) is 8.76. The van der Waals surface area contributed by atoms with Crippen LogP contribution in [0.4, 0.5) is 17.5 Å². The molecular weight excluding hydrogens is 408 g/mol. The molecule has 2 saturated carbocycles. The van der Waals surface area contributed by atoms with Crippen molar-refractivity contribution in [3.05, 3.63) is 24.5 Å². The smallest absolute Gasteiger partial charge is 0.226 e. The van der Waals surface area contributed by atoms with Crippen LogP contribution < -0.4 is 20.1 Å². The molecule has 3 aromatic rings. The average Bonchev–Trinajstić information content (AvgIpc) is 3.45. The number of aliphatic hydroxyl groups excluding tert-OH is 1. The van der Waals surface area contributed by atoms with Crippen molar-refractivity contribution in [2.45, 2.75) is 50.7 Å². The molecule has 2 heterocycles. The first-order chi connectivity index (χ1) is 15.6. The fraction of sp³-hybridized carbons (Fsp3) is 0.522. The third-order valence-electron chi connectivity index (χ3n) is 6.51. The lowest BCUT2D eigenvalue weighted by Crippen LogP contribution is -2.33. The molecule has 0 atom stereocenters. The fourth-order valence-corrected chi connectivity index (χ4v) is 4.65. The van der Waals surface area contributed by atoms with E-state index in [-0.39, 0.29) is 6.10 Å². The van der Waals surface area contributed by atoms with Gasteiger partial charge in [0.15, 0.2) is 17.0 Å². The standard InChI is InChI=1S/C23H30N6O3/c1-31-18-9-15(10-19(11-18)32-2)26-21-20-22(29(13-25-20)16-5-3-4-6-16)28-23(27-21)24-12-14-7-17(30)8-14/h9-11,13-14,16-17,30H,3-8,12H2,1-2H3,(H2,24,26,27,28). The second kappa shape index (κ2) is 8.82. The summed E-state index contributed by atoms with van der Waals surface area (Å²) in [4.78, 5) is 14.2. The quantitative estimate of drug-likeness (QED) is 0.486. The second-order valence-electron chi connectivity index (χ2n) is 8.76. The van der Waals surface area contributed by atoms with Crippen LogP contribution in [0.5, 0.6) is 11.5 Å². The van der Waals surface area contributed by atoms with Gasteiger partial charge in [-0.25, -0.2) is 4.98 Å². The average molecular weight is 439 g/mol. The van der Waals surface area contributed by atoms with Crippen LogP contribution in [0.3, 0.4) is 0 Å². The lowest BCUT2D eigenvalue weighted by Gasteiger charge is -2.31. The topological polar surface area (TPSA) is 106 Å². The summed E-state index contributed by atoms with van der Waals surface area (Å²) in [6, 6.07) is 6.05. The molecule has 2 aliphatic carbocycles. The van der Waals surface area contributed by atoms with Crippen LogP contribution in [0.25, 0.3) is 11.2 Å². The molecule has 0 radical (unpaired) electrons. The number of rotatable bonds is 8. The van der Waals surface area contributed by atoms with E-state index in [2.05, 4.69) is 20.2 Å². The Labute approximate surface area is 187 Å². The molecule has 32 heavy (non-hydrogen) atoms. The van der Waals surface area contributed by atoms with Crippen molar-refractivity contribution in [3.8, 4) is 11.5 Å². The maximum Gasteiger partial charge on any atom is 0.226 e. The largest absolute Gasteiger partial charge is 0.497 e. The summed E-state index contributed by atoms with van der Waals surface area (Å²) in [5, 5.41) is 16.4. The van der Waals surface area contributed by atoms with Crippen molar-refractivity contribution >= 4 is 28.6 Å². The summed E-state index contributed by atoms with van der Waals surface area (Å²) in [5.41, 5.74) is 2.37. The highest BCUT2D eigenvalue weighted by Gasteiger charge is 2.27. The molecule has 3 N–H and O–H groups in total. The minimum absolute atomic E-state index is 0.172. The van der Waals surface area contributed by atoms with Gasteiger partial charge in [0, 0.05) is 36.5 Å². The lowest BCUT2D eigenvalue weighted by atomic mass is 9.82. The zero-order chi connectivity index (χ0) is 22.1. The molecule has 0 unspecified atom stereocenters. The molecule has 9 nitrogen and oxygen atoms in total. The highest BCUT2D eigenvalue weighted by Crippen LogP contribution is 2.35. The Morgan fingerprint density at radius 2 is 1.78 bits per heavy atom. The third kappa shape index (κ3) is 4.17. The zero-order valence-electron chi connectivity index (χ0n) is 18.5. The minimum Gasteiger partial charge on any atom is -0.497 e. The summed E-state index contributed by atoms with van der Waals surface area (Å²) in [5.74, 6) is 3.03. The van der Waals surface area contributed by atoms with Gasteiger partial charge in [0.05, 0.1) is 26.7 Å². The van der Waals surface area contributed by atoms with E-state index < -0.39 is 0 Å². The molecule has 2 fully saturated rings. The molecule has 2 aliphatic rings. The van der Waals surface area contributed by atoms with Crippen LogP contribution in [-0.4, -0.2) is 51.5 Å². The molecule has 0 saturated heterocycles. The highest BCUT2D eigenvalue weighted by atomic mass is 16.5. The summed E-state index contributed by atoms with van der Waals surface area (Å²) < 4.78 is 13.0. The van der Waals surface area contributed by atoms with E-state index in [4.69, 9.17) is 19.4 Å². The third-order valence-corrected chi connectivity index (χ3v) is 6.51. The number of hydrogen-bond acceptors (Lipinski definition) is 8. The number of ether oxygens (including phenoxy) is 2. The van der Waals surface area contributed by atoms with Crippen molar-refractivity contribution in [2.24, 2.45) is 5.92 Å². The van der Waals surface area contributed by atoms with Crippen LogP contribution in [0.2, 0.25) is 0 Å². The van der Waals surface area contributed by atoms with Crippen LogP contribution in [0.1, 0.15) is 44.6 Å². The van der Waals surface area contributed by atoms with E-state index in [9.17, 15) is 5.11 Å². The first-order valence-corrected chi connectivity index (χ1v) is 11.3. The van der Waals surface area contributed by atoms with Crippen LogP contribution in [0, 0.1) is 5.92 Å². The molecule has 170 valence electrons. The van der Waals surface area contributed by atoms with Gasteiger partial charge in [-0.05, 0) is 31.6 Å². The van der Waals surface area contributed by atoms with Gasteiger partial charge in [-0.2, -0.15) is 9.97 Å². The Bertz CT molecular complexity index is 1070. The molecule has 5 rings (SSSR count). The number of nitrogens with one attached hydrogen (secondary N) is 2. The molecule has 2 aromatic heterocycles. The van der Waals surface area contributed by atoms with Gasteiger partial charge in [-0.15, -0.1) is 0 Å². The van der Waals surface area contributed by atoms with E-state index in [1.165, 1.54) is 12.8 Å². The number of fused-ring (bicyclic) bond motifs is 1. The Hall–Kier alpha value is -3.07. The van der Waals surface area contributed by atoms with Crippen molar-refractivity contribution < 1.29 is 14.6 Å². The lowest BCUT2D eigenvalue weighted by molar-refractivity contribution is 0.0486. The Balaban J connectivity index is 1.49. The fourth-order valence-electron chi connectivity index (χ4n) is 4.65. The van der Waals surface area contributed by atoms with Crippen molar-refractivity contribution in [2.75, 3.05) is 31.4 Å². The Morgan fingerprint density at radius 3 is 2.44 bits per heavy atom. The molecule has 1 aromatic carbocycles. The van der Waals surface area contributed by atoms with E-state index in [1.54, 1.807) is 14.2 Å². The number of aliphatic hydroxyl groups is 1. The van der Waals surface area contributed by atoms with Gasteiger partial charge in [-0.3, -0.25) is 0 Å². The maximum absolute atomic E-state index is 9.58. The number of benzene rings is 1. The van der Waals surface area contributed by atoms with Gasteiger partial charge in [0.2, 0.25) is 5.95 Å². The summed E-state index contributed by atoms with van der Waals surface area (Å²) >= 11 is 0. The first-order valence-electron chi connectivity index (χ1n) is 11.3. The number of nitrogens with zero attached hydrogens (tertiary/aromatic N) is 4. The molecule has 0 bridgehead atoms. The zero-order valence-corrected chi connectivity index (χ0v) is 18.5. The van der Waals surface area contributed by atoms with Crippen LogP contribution in [-0.2, 0) is 0 Å². The van der Waals surface area contributed by atoms with Gasteiger partial charge < -0.3 is 29.8 Å². The monoisotopic (exact) mass is 438 g/mol. The van der Waals surface area contributed by atoms with E-state index >= 15 is 0 Å². The summed E-state index contributed by atoms with van der Waals surface area (Å²) in [7, 11) is 3.26. The summed E-state index contributed by atoms with van der Waals surface area (Å²) in [6.45, 7) is 0.743. The van der Waals surface area contributed by atoms with E-state index in [1.807, 2.05) is 24.5 Å². The predicted octanol–water partition coefficient (Wildman–Crippen LogP) is 3.89. The Kier molecular flexibility index (Phi) is 5.73. The van der Waals surface area contributed by atoms with Crippen molar-refractivity contribution in [1.29, 1.82) is 0 Å². The molecule has 0 amide bonds. The predicted molar refractivity (Wildman–Crippen MR) is 123 cm³/mol. The van der Waals surface area contributed by atoms with Crippen molar-refractivity contribution in [1.82, 2.24) is 19.5 Å². The maximum atomic E-state index is 9.58.